The minimum Gasteiger partial charge on any atom is -0.379 e. The van der Waals surface area contributed by atoms with Crippen LogP contribution in [0.4, 0.5) is 0 Å². The standard InChI is InChI=1S/C11H20N2O2/c1-9(2)15-7-5-4-6-13-11(14)10(3)8-12/h9-10H,4-7H2,1-3H3,(H,13,14). The van der Waals surface area contributed by atoms with Crippen LogP contribution in [-0.4, -0.2) is 25.2 Å². The van der Waals surface area contributed by atoms with Gasteiger partial charge in [0.1, 0.15) is 5.92 Å². The molecular formula is C11H20N2O2. The molecule has 0 spiro atoms. The first-order valence-corrected chi connectivity index (χ1v) is 5.37. The van der Waals surface area contributed by atoms with Crippen molar-refractivity contribution in [1.82, 2.24) is 5.32 Å². The van der Waals surface area contributed by atoms with Gasteiger partial charge in [0.25, 0.3) is 0 Å². The van der Waals surface area contributed by atoms with Crippen LogP contribution in [0.15, 0.2) is 0 Å². The Bertz CT molecular complexity index is 221. The minimum absolute atomic E-state index is 0.192. The molecule has 1 amide bonds. The van der Waals surface area contributed by atoms with E-state index < -0.39 is 5.92 Å². The Balaban J connectivity index is 3.32. The molecule has 0 aromatic heterocycles. The number of nitrogens with zero attached hydrogens (tertiary/aromatic N) is 1. The van der Waals surface area contributed by atoms with Crippen LogP contribution in [-0.2, 0) is 9.53 Å². The Labute approximate surface area is 91.6 Å². The van der Waals surface area contributed by atoms with Crippen LogP contribution in [0.1, 0.15) is 33.6 Å². The van der Waals surface area contributed by atoms with Crippen LogP contribution < -0.4 is 5.32 Å². The van der Waals surface area contributed by atoms with E-state index in [1.54, 1.807) is 6.92 Å². The molecule has 0 saturated carbocycles. The smallest absolute Gasteiger partial charge is 0.237 e. The van der Waals surface area contributed by atoms with E-state index in [4.69, 9.17) is 10.00 Å². The van der Waals surface area contributed by atoms with Crippen molar-refractivity contribution in [3.8, 4) is 6.07 Å². The van der Waals surface area contributed by atoms with Crippen molar-refractivity contribution in [2.24, 2.45) is 5.92 Å². The molecule has 0 bridgehead atoms. The first-order valence-electron chi connectivity index (χ1n) is 5.37. The summed E-state index contributed by atoms with van der Waals surface area (Å²) in [6.45, 7) is 6.93. The van der Waals surface area contributed by atoms with E-state index in [-0.39, 0.29) is 12.0 Å². The SMILES string of the molecule is CC(C)OCCCCNC(=O)C(C)C#N. The minimum atomic E-state index is -0.558. The lowest BCUT2D eigenvalue weighted by Crippen LogP contribution is -2.29. The Morgan fingerprint density at radius 1 is 1.40 bits per heavy atom. The van der Waals surface area contributed by atoms with Gasteiger partial charge in [-0.25, -0.2) is 0 Å². The molecule has 0 heterocycles. The second-order valence-electron chi connectivity index (χ2n) is 3.77. The third-order valence-electron chi connectivity index (χ3n) is 1.91. The van der Waals surface area contributed by atoms with E-state index in [2.05, 4.69) is 5.32 Å². The van der Waals surface area contributed by atoms with Gasteiger partial charge in [-0.2, -0.15) is 5.26 Å². The second-order valence-corrected chi connectivity index (χ2v) is 3.77. The van der Waals surface area contributed by atoms with Crippen molar-refractivity contribution >= 4 is 5.91 Å². The zero-order chi connectivity index (χ0) is 11.7. The molecule has 1 unspecified atom stereocenters. The van der Waals surface area contributed by atoms with Crippen LogP contribution in [0.25, 0.3) is 0 Å². The Morgan fingerprint density at radius 3 is 2.60 bits per heavy atom. The van der Waals surface area contributed by atoms with E-state index in [0.29, 0.717) is 6.54 Å². The highest BCUT2D eigenvalue weighted by Crippen LogP contribution is 1.95. The molecular weight excluding hydrogens is 192 g/mol. The summed E-state index contributed by atoms with van der Waals surface area (Å²) >= 11 is 0. The van der Waals surface area contributed by atoms with Crippen molar-refractivity contribution in [3.05, 3.63) is 0 Å². The zero-order valence-electron chi connectivity index (χ0n) is 9.75. The number of hydrogen-bond donors (Lipinski definition) is 1. The number of amides is 1. The van der Waals surface area contributed by atoms with Gasteiger partial charge in [-0.15, -0.1) is 0 Å². The molecule has 0 radical (unpaired) electrons. The van der Waals surface area contributed by atoms with E-state index in [0.717, 1.165) is 19.4 Å². The molecule has 4 nitrogen and oxygen atoms in total. The molecule has 4 heteroatoms. The normalized spacial score (nSPS) is 12.2. The lowest BCUT2D eigenvalue weighted by Gasteiger charge is -2.08. The van der Waals surface area contributed by atoms with E-state index >= 15 is 0 Å². The molecule has 86 valence electrons. The van der Waals surface area contributed by atoms with Gasteiger partial charge in [0.15, 0.2) is 0 Å². The van der Waals surface area contributed by atoms with Gasteiger partial charge >= 0.3 is 0 Å². The lowest BCUT2D eigenvalue weighted by atomic mass is 10.2. The fourth-order valence-corrected chi connectivity index (χ4v) is 0.969. The number of carbonyl (C=O) groups is 1. The van der Waals surface area contributed by atoms with Crippen molar-refractivity contribution in [1.29, 1.82) is 5.26 Å². The highest BCUT2D eigenvalue weighted by Gasteiger charge is 2.09. The average molecular weight is 212 g/mol. The predicted octanol–water partition coefficient (Wildman–Crippen LogP) is 1.47. The average Bonchev–Trinajstić information content (AvgIpc) is 2.21. The quantitative estimate of drug-likeness (QED) is 0.650. The van der Waals surface area contributed by atoms with Gasteiger partial charge in [0.2, 0.25) is 5.91 Å². The molecule has 1 N–H and O–H groups in total. The number of rotatable bonds is 7. The maximum absolute atomic E-state index is 11.2. The fourth-order valence-electron chi connectivity index (χ4n) is 0.969. The summed E-state index contributed by atoms with van der Waals surface area (Å²) < 4.78 is 5.35. The van der Waals surface area contributed by atoms with Gasteiger partial charge in [0.05, 0.1) is 12.2 Å². The maximum atomic E-state index is 11.2. The number of nitriles is 1. The van der Waals surface area contributed by atoms with Crippen LogP contribution in [0.5, 0.6) is 0 Å². The summed E-state index contributed by atoms with van der Waals surface area (Å²) in [7, 11) is 0. The lowest BCUT2D eigenvalue weighted by molar-refractivity contribution is -0.122. The topological polar surface area (TPSA) is 62.1 Å². The monoisotopic (exact) mass is 212 g/mol. The number of ether oxygens (including phenoxy) is 1. The number of carbonyl (C=O) groups excluding carboxylic acids is 1. The van der Waals surface area contributed by atoms with Crippen LogP contribution >= 0.6 is 0 Å². The van der Waals surface area contributed by atoms with Gasteiger partial charge in [0, 0.05) is 13.2 Å². The van der Waals surface area contributed by atoms with Crippen LogP contribution in [0, 0.1) is 17.2 Å². The Hall–Kier alpha value is -1.08. The summed E-state index contributed by atoms with van der Waals surface area (Å²) in [4.78, 5) is 11.2. The van der Waals surface area contributed by atoms with E-state index in [1.165, 1.54) is 0 Å². The third-order valence-corrected chi connectivity index (χ3v) is 1.91. The zero-order valence-corrected chi connectivity index (χ0v) is 9.75. The number of hydrogen-bond acceptors (Lipinski definition) is 3. The number of nitrogens with one attached hydrogen (secondary N) is 1. The molecule has 0 rings (SSSR count). The predicted molar refractivity (Wildman–Crippen MR) is 58.1 cm³/mol. The van der Waals surface area contributed by atoms with Crippen LogP contribution in [0.2, 0.25) is 0 Å². The van der Waals surface area contributed by atoms with Gasteiger partial charge < -0.3 is 10.1 Å². The van der Waals surface area contributed by atoms with Crippen molar-refractivity contribution in [2.75, 3.05) is 13.2 Å². The van der Waals surface area contributed by atoms with Crippen molar-refractivity contribution < 1.29 is 9.53 Å². The molecule has 0 fully saturated rings. The molecule has 0 aliphatic rings. The summed E-state index contributed by atoms with van der Waals surface area (Å²) in [6.07, 6.45) is 2.08. The fraction of sp³-hybridized carbons (Fsp3) is 0.818. The summed E-state index contributed by atoms with van der Waals surface area (Å²) in [5.41, 5.74) is 0. The second kappa shape index (κ2) is 8.25. The van der Waals surface area contributed by atoms with E-state index in [1.807, 2.05) is 19.9 Å². The van der Waals surface area contributed by atoms with Crippen molar-refractivity contribution in [3.63, 3.8) is 0 Å². The van der Waals surface area contributed by atoms with E-state index in [9.17, 15) is 4.79 Å². The molecule has 0 aliphatic heterocycles. The molecule has 0 aliphatic carbocycles. The molecule has 0 saturated heterocycles. The Kier molecular flexibility index (Phi) is 7.65. The molecule has 0 aromatic rings. The maximum Gasteiger partial charge on any atom is 0.237 e. The highest BCUT2D eigenvalue weighted by molar-refractivity contribution is 5.80. The largest absolute Gasteiger partial charge is 0.379 e. The molecule has 1 atom stereocenters. The highest BCUT2D eigenvalue weighted by atomic mass is 16.5. The van der Waals surface area contributed by atoms with Gasteiger partial charge in [-0.3, -0.25) is 4.79 Å². The molecule has 15 heavy (non-hydrogen) atoms. The first kappa shape index (κ1) is 13.9. The third kappa shape index (κ3) is 7.95. The Morgan fingerprint density at radius 2 is 2.07 bits per heavy atom. The summed E-state index contributed by atoms with van der Waals surface area (Å²) in [5.74, 6) is -0.751. The van der Waals surface area contributed by atoms with Gasteiger partial charge in [-0.1, -0.05) is 0 Å². The van der Waals surface area contributed by atoms with Gasteiger partial charge in [-0.05, 0) is 33.6 Å². The first-order chi connectivity index (χ1) is 7.07. The molecule has 0 aromatic carbocycles. The summed E-state index contributed by atoms with van der Waals surface area (Å²) in [5, 5.41) is 11.2. The van der Waals surface area contributed by atoms with Crippen LogP contribution in [0.3, 0.4) is 0 Å². The number of unbranched alkanes of at least 4 members (excludes halogenated alkanes) is 1. The summed E-state index contributed by atoms with van der Waals surface area (Å²) in [6, 6.07) is 1.89. The van der Waals surface area contributed by atoms with Crippen molar-refractivity contribution in [2.45, 2.75) is 39.7 Å².